The molecule has 0 radical (unpaired) electrons. The second kappa shape index (κ2) is 5.53. The van der Waals surface area contributed by atoms with E-state index in [1.807, 2.05) is 0 Å². The molecule has 0 aromatic rings. The maximum Gasteiger partial charge on any atom is 0.222 e. The van der Waals surface area contributed by atoms with E-state index in [2.05, 4.69) is 4.90 Å². The van der Waals surface area contributed by atoms with Gasteiger partial charge in [-0.05, 0) is 25.2 Å². The van der Waals surface area contributed by atoms with Crippen molar-refractivity contribution in [3.63, 3.8) is 0 Å². The fourth-order valence-electron chi connectivity index (χ4n) is 2.93. The second-order valence-electron chi connectivity index (χ2n) is 5.13. The summed E-state index contributed by atoms with van der Waals surface area (Å²) < 4.78 is 0. The average Bonchev–Trinajstić information content (AvgIpc) is 2.81. The van der Waals surface area contributed by atoms with Gasteiger partial charge in [0.15, 0.2) is 0 Å². The van der Waals surface area contributed by atoms with Gasteiger partial charge in [0.05, 0.1) is 0 Å². The molecule has 0 bridgehead atoms. The van der Waals surface area contributed by atoms with Crippen LogP contribution in [-0.2, 0) is 4.79 Å². The van der Waals surface area contributed by atoms with E-state index in [-0.39, 0.29) is 0 Å². The van der Waals surface area contributed by atoms with Crippen LogP contribution in [0.2, 0.25) is 0 Å². The molecule has 0 N–H and O–H groups in total. The molecule has 0 spiro atoms. The van der Waals surface area contributed by atoms with Gasteiger partial charge in [-0.3, -0.25) is 4.79 Å². The number of carbonyl (C=O) groups is 1. The standard InChI is InChI=1S/C13H23NO/c15-13(14-10-4-5-11-14)9-8-12-6-2-1-3-7-12/h12H,1-11H2. The lowest BCUT2D eigenvalue weighted by Crippen LogP contribution is -2.27. The Morgan fingerprint density at radius 1 is 1.00 bits per heavy atom. The molecule has 1 aliphatic carbocycles. The van der Waals surface area contributed by atoms with Crippen LogP contribution in [0.25, 0.3) is 0 Å². The molecule has 1 saturated heterocycles. The van der Waals surface area contributed by atoms with Crippen molar-refractivity contribution in [1.82, 2.24) is 4.90 Å². The fraction of sp³-hybridized carbons (Fsp3) is 0.923. The number of rotatable bonds is 3. The molecule has 1 aliphatic heterocycles. The molecule has 2 aliphatic rings. The molecule has 0 unspecified atom stereocenters. The van der Waals surface area contributed by atoms with E-state index in [0.29, 0.717) is 5.91 Å². The smallest absolute Gasteiger partial charge is 0.222 e. The van der Waals surface area contributed by atoms with Gasteiger partial charge in [0.25, 0.3) is 0 Å². The monoisotopic (exact) mass is 209 g/mol. The molecule has 1 saturated carbocycles. The molecule has 86 valence electrons. The Morgan fingerprint density at radius 3 is 2.33 bits per heavy atom. The summed E-state index contributed by atoms with van der Waals surface area (Å²) in [6, 6.07) is 0. The van der Waals surface area contributed by atoms with Crippen molar-refractivity contribution < 1.29 is 4.79 Å². The van der Waals surface area contributed by atoms with E-state index in [1.54, 1.807) is 0 Å². The quantitative estimate of drug-likeness (QED) is 0.699. The first kappa shape index (κ1) is 11.0. The Kier molecular flexibility index (Phi) is 4.04. The van der Waals surface area contributed by atoms with Gasteiger partial charge in [0.2, 0.25) is 5.91 Å². The van der Waals surface area contributed by atoms with Crippen LogP contribution in [0.3, 0.4) is 0 Å². The third-order valence-electron chi connectivity index (χ3n) is 3.95. The first-order chi connectivity index (χ1) is 7.36. The minimum Gasteiger partial charge on any atom is -0.343 e. The zero-order valence-corrected chi connectivity index (χ0v) is 9.71. The molecule has 2 fully saturated rings. The average molecular weight is 209 g/mol. The Balaban J connectivity index is 1.65. The number of nitrogens with zero attached hydrogens (tertiary/aromatic N) is 1. The fourth-order valence-corrected chi connectivity index (χ4v) is 2.93. The highest BCUT2D eigenvalue weighted by Crippen LogP contribution is 2.27. The van der Waals surface area contributed by atoms with Gasteiger partial charge >= 0.3 is 0 Å². The molecule has 15 heavy (non-hydrogen) atoms. The van der Waals surface area contributed by atoms with Crippen molar-refractivity contribution in [3.8, 4) is 0 Å². The van der Waals surface area contributed by atoms with Gasteiger partial charge in [-0.1, -0.05) is 32.1 Å². The van der Waals surface area contributed by atoms with Gasteiger partial charge in [-0.15, -0.1) is 0 Å². The minimum atomic E-state index is 0.415. The van der Waals surface area contributed by atoms with Crippen LogP contribution < -0.4 is 0 Å². The lowest BCUT2D eigenvalue weighted by Gasteiger charge is -2.22. The van der Waals surface area contributed by atoms with E-state index in [9.17, 15) is 4.79 Å². The summed E-state index contributed by atoms with van der Waals surface area (Å²) in [5.74, 6) is 1.27. The summed E-state index contributed by atoms with van der Waals surface area (Å²) in [4.78, 5) is 13.9. The van der Waals surface area contributed by atoms with Crippen LogP contribution in [0.1, 0.15) is 57.8 Å². The van der Waals surface area contributed by atoms with Crippen LogP contribution in [0.5, 0.6) is 0 Å². The second-order valence-corrected chi connectivity index (χ2v) is 5.13. The van der Waals surface area contributed by atoms with Gasteiger partial charge in [0.1, 0.15) is 0 Å². The zero-order valence-electron chi connectivity index (χ0n) is 9.71. The normalized spacial score (nSPS) is 23.3. The number of hydrogen-bond acceptors (Lipinski definition) is 1. The summed E-state index contributed by atoms with van der Waals surface area (Å²) in [6.45, 7) is 2.03. The zero-order chi connectivity index (χ0) is 10.5. The van der Waals surface area contributed by atoms with Crippen LogP contribution in [0.4, 0.5) is 0 Å². The third kappa shape index (κ3) is 3.22. The maximum absolute atomic E-state index is 11.8. The molecule has 1 amide bonds. The van der Waals surface area contributed by atoms with Crippen LogP contribution >= 0.6 is 0 Å². The van der Waals surface area contributed by atoms with Gasteiger partial charge in [-0.25, -0.2) is 0 Å². The van der Waals surface area contributed by atoms with E-state index in [0.717, 1.165) is 31.8 Å². The predicted molar refractivity (Wildman–Crippen MR) is 61.6 cm³/mol. The third-order valence-corrected chi connectivity index (χ3v) is 3.95. The number of hydrogen-bond donors (Lipinski definition) is 0. The number of amides is 1. The first-order valence-corrected chi connectivity index (χ1v) is 6.64. The molecular formula is C13H23NO. The van der Waals surface area contributed by atoms with Crippen molar-refractivity contribution in [1.29, 1.82) is 0 Å². The van der Waals surface area contributed by atoms with Gasteiger partial charge in [0, 0.05) is 19.5 Å². The SMILES string of the molecule is O=C(CCC1CCCCC1)N1CCCC1. The lowest BCUT2D eigenvalue weighted by molar-refractivity contribution is -0.130. The highest BCUT2D eigenvalue weighted by atomic mass is 16.2. The summed E-state index contributed by atoms with van der Waals surface area (Å²) in [6.07, 6.45) is 11.3. The summed E-state index contributed by atoms with van der Waals surface area (Å²) >= 11 is 0. The highest BCUT2D eigenvalue weighted by molar-refractivity contribution is 5.76. The Bertz CT molecular complexity index is 203. The van der Waals surface area contributed by atoms with Crippen molar-refractivity contribution in [2.45, 2.75) is 57.8 Å². The Labute approximate surface area is 93.0 Å². The first-order valence-electron chi connectivity index (χ1n) is 6.64. The maximum atomic E-state index is 11.8. The van der Waals surface area contributed by atoms with Crippen molar-refractivity contribution in [2.24, 2.45) is 5.92 Å². The molecule has 1 heterocycles. The molecule has 0 aromatic heterocycles. The largest absolute Gasteiger partial charge is 0.343 e. The van der Waals surface area contributed by atoms with Crippen LogP contribution in [0, 0.1) is 5.92 Å². The number of carbonyl (C=O) groups excluding carboxylic acids is 1. The lowest BCUT2D eigenvalue weighted by atomic mass is 9.86. The summed E-state index contributed by atoms with van der Waals surface area (Å²) in [7, 11) is 0. The summed E-state index contributed by atoms with van der Waals surface area (Å²) in [5, 5.41) is 0. The summed E-state index contributed by atoms with van der Waals surface area (Å²) in [5.41, 5.74) is 0. The van der Waals surface area contributed by atoms with E-state index in [4.69, 9.17) is 0 Å². The molecule has 2 rings (SSSR count). The van der Waals surface area contributed by atoms with E-state index in [1.165, 1.54) is 44.9 Å². The Hall–Kier alpha value is -0.530. The predicted octanol–water partition coefficient (Wildman–Crippen LogP) is 2.97. The molecule has 0 aromatic carbocycles. The van der Waals surface area contributed by atoms with Crippen molar-refractivity contribution in [2.75, 3.05) is 13.1 Å². The Morgan fingerprint density at radius 2 is 1.67 bits per heavy atom. The molecule has 0 atom stereocenters. The van der Waals surface area contributed by atoms with E-state index < -0.39 is 0 Å². The molecule has 2 nitrogen and oxygen atoms in total. The number of likely N-dealkylation sites (tertiary alicyclic amines) is 1. The topological polar surface area (TPSA) is 20.3 Å². The van der Waals surface area contributed by atoms with E-state index >= 15 is 0 Å². The van der Waals surface area contributed by atoms with Gasteiger partial charge < -0.3 is 4.90 Å². The van der Waals surface area contributed by atoms with Crippen molar-refractivity contribution in [3.05, 3.63) is 0 Å². The van der Waals surface area contributed by atoms with Gasteiger partial charge in [-0.2, -0.15) is 0 Å². The van der Waals surface area contributed by atoms with Crippen molar-refractivity contribution >= 4 is 5.91 Å². The van der Waals surface area contributed by atoms with Crippen LogP contribution in [0.15, 0.2) is 0 Å². The highest BCUT2D eigenvalue weighted by Gasteiger charge is 2.20. The minimum absolute atomic E-state index is 0.415. The molecular weight excluding hydrogens is 186 g/mol. The molecule has 2 heteroatoms. The van der Waals surface area contributed by atoms with Crippen LogP contribution in [-0.4, -0.2) is 23.9 Å².